The average molecular weight is 692 g/mol. The van der Waals surface area contributed by atoms with Gasteiger partial charge in [-0.15, -0.1) is 0 Å². The summed E-state index contributed by atoms with van der Waals surface area (Å²) in [5, 5.41) is 6.80. The molecule has 1 aliphatic carbocycles. The van der Waals surface area contributed by atoms with E-state index in [4.69, 9.17) is 0 Å². The molecular weight excluding hydrogens is 658 g/mol. The maximum Gasteiger partial charge on any atom is 0.172 e. The van der Waals surface area contributed by atoms with Crippen LogP contribution in [0.4, 0.5) is 17.1 Å². The lowest BCUT2D eigenvalue weighted by Gasteiger charge is -2.34. The van der Waals surface area contributed by atoms with Gasteiger partial charge in [-0.2, -0.15) is 0 Å². The molecule has 244 valence electrons. The summed E-state index contributed by atoms with van der Waals surface area (Å²) in [6.45, 7) is 4.67. The lowest BCUT2D eigenvalue weighted by molar-refractivity contribution is 0.592. The first kappa shape index (κ1) is 30.5. The van der Waals surface area contributed by atoms with Crippen molar-refractivity contribution in [1.82, 2.24) is 0 Å². The Morgan fingerprint density at radius 2 is 1.10 bits per heavy atom. The predicted molar refractivity (Wildman–Crippen MR) is 217 cm³/mol. The van der Waals surface area contributed by atoms with Crippen LogP contribution in [0.5, 0.6) is 0 Å². The van der Waals surface area contributed by atoms with E-state index in [0.29, 0.717) is 0 Å². The molecular formula is C47H34NOPS. The zero-order chi connectivity index (χ0) is 34.3. The Balaban J connectivity index is 1.20. The number of anilines is 3. The van der Waals surface area contributed by atoms with Crippen LogP contribution in [0.25, 0.3) is 32.7 Å². The maximum atomic E-state index is 16.4. The van der Waals surface area contributed by atoms with Crippen LogP contribution in [0.15, 0.2) is 180 Å². The van der Waals surface area contributed by atoms with Gasteiger partial charge in [-0.3, -0.25) is 0 Å². The van der Waals surface area contributed by atoms with Gasteiger partial charge in [0.25, 0.3) is 0 Å². The van der Waals surface area contributed by atoms with E-state index in [9.17, 15) is 0 Å². The molecule has 8 aromatic carbocycles. The number of para-hydroxylation sites is 1. The van der Waals surface area contributed by atoms with Gasteiger partial charge in [0.2, 0.25) is 0 Å². The van der Waals surface area contributed by atoms with Gasteiger partial charge in [0, 0.05) is 36.8 Å². The molecule has 2 aliphatic rings. The number of hydrogen-bond acceptors (Lipinski definition) is 3. The van der Waals surface area contributed by atoms with E-state index in [1.165, 1.54) is 27.1 Å². The molecule has 1 aliphatic heterocycles. The molecule has 10 rings (SSSR count). The molecule has 0 atom stereocenters. The highest BCUT2D eigenvalue weighted by atomic mass is 32.2. The summed E-state index contributed by atoms with van der Waals surface area (Å²) in [6.07, 6.45) is 0. The Labute approximate surface area is 302 Å². The van der Waals surface area contributed by atoms with E-state index in [0.717, 1.165) is 59.4 Å². The third-order valence-electron chi connectivity index (χ3n) is 10.9. The van der Waals surface area contributed by atoms with Crippen molar-refractivity contribution < 1.29 is 4.57 Å². The Morgan fingerprint density at radius 3 is 1.84 bits per heavy atom. The first-order valence-electron chi connectivity index (χ1n) is 17.5. The summed E-state index contributed by atoms with van der Waals surface area (Å²) in [7, 11) is -3.38. The number of fused-ring (bicyclic) bond motifs is 7. The van der Waals surface area contributed by atoms with Crippen molar-refractivity contribution in [2.24, 2.45) is 0 Å². The maximum absolute atomic E-state index is 16.4. The summed E-state index contributed by atoms with van der Waals surface area (Å²) in [5.41, 5.74) is 8.61. The summed E-state index contributed by atoms with van der Waals surface area (Å²) in [6, 6.07) is 60.0. The zero-order valence-corrected chi connectivity index (χ0v) is 30.1. The quantitative estimate of drug-likeness (QED) is 0.171. The van der Waals surface area contributed by atoms with Gasteiger partial charge in [0.1, 0.15) is 0 Å². The van der Waals surface area contributed by atoms with Gasteiger partial charge in [-0.1, -0.05) is 153 Å². The Bertz CT molecular complexity index is 2670. The highest BCUT2D eigenvalue weighted by Gasteiger charge is 2.38. The minimum Gasteiger partial charge on any atom is -0.309 e. The van der Waals surface area contributed by atoms with Crippen molar-refractivity contribution in [2.75, 3.05) is 4.90 Å². The van der Waals surface area contributed by atoms with E-state index in [1.807, 2.05) is 24.3 Å². The summed E-state index contributed by atoms with van der Waals surface area (Å²) >= 11 is 1.76. The molecule has 0 amide bonds. The molecule has 1 heterocycles. The Kier molecular flexibility index (Phi) is 6.78. The second-order valence-corrected chi connectivity index (χ2v) is 17.8. The molecule has 0 N–H and O–H groups in total. The molecule has 2 nitrogen and oxygen atoms in total. The van der Waals surface area contributed by atoms with Crippen LogP contribution in [-0.4, -0.2) is 0 Å². The van der Waals surface area contributed by atoms with E-state index >= 15 is 4.57 Å². The topological polar surface area (TPSA) is 20.3 Å². The molecule has 0 radical (unpaired) electrons. The van der Waals surface area contributed by atoms with Crippen LogP contribution in [0, 0.1) is 0 Å². The van der Waals surface area contributed by atoms with Gasteiger partial charge in [0.15, 0.2) is 7.14 Å². The second-order valence-electron chi connectivity index (χ2n) is 14.1. The highest BCUT2D eigenvalue weighted by molar-refractivity contribution is 7.99. The van der Waals surface area contributed by atoms with Gasteiger partial charge in [0.05, 0.1) is 11.4 Å². The smallest absolute Gasteiger partial charge is 0.172 e. The molecule has 0 aromatic heterocycles. The summed E-state index contributed by atoms with van der Waals surface area (Å²) in [5.74, 6) is 0. The Hall–Kier alpha value is -5.34. The molecule has 0 bridgehead atoms. The molecule has 0 saturated carbocycles. The first-order valence-corrected chi connectivity index (χ1v) is 20.0. The number of hydrogen-bond donors (Lipinski definition) is 0. The molecule has 0 spiro atoms. The van der Waals surface area contributed by atoms with Crippen molar-refractivity contribution in [3.63, 3.8) is 0 Å². The highest BCUT2D eigenvalue weighted by Crippen LogP contribution is 2.56. The standard InChI is InChI=1S/C47H34NOPS/c1-47(2)39-20-8-7-19-37(39)38-27-25-33(29-40(38)47)48-41-21-9-10-24-45(41)51-46-30-34(26-28-42(46)48)50(49,43-22-11-15-31-13-3-5-17-35(31)43)44-23-12-16-32-14-4-6-18-36(32)44/h3-30H,1-2H3. The van der Waals surface area contributed by atoms with E-state index in [1.54, 1.807) is 11.8 Å². The van der Waals surface area contributed by atoms with Gasteiger partial charge >= 0.3 is 0 Å². The van der Waals surface area contributed by atoms with Crippen LogP contribution in [0.3, 0.4) is 0 Å². The first-order chi connectivity index (χ1) is 24.9. The van der Waals surface area contributed by atoms with Crippen LogP contribution in [-0.2, 0) is 9.98 Å². The average Bonchev–Trinajstić information content (AvgIpc) is 3.41. The van der Waals surface area contributed by atoms with E-state index in [-0.39, 0.29) is 5.41 Å². The minimum absolute atomic E-state index is 0.109. The third-order valence-corrected chi connectivity index (χ3v) is 15.2. The third kappa shape index (κ3) is 4.48. The monoisotopic (exact) mass is 691 g/mol. The lowest BCUT2D eigenvalue weighted by atomic mass is 9.82. The van der Waals surface area contributed by atoms with E-state index < -0.39 is 7.14 Å². The van der Waals surface area contributed by atoms with Crippen LogP contribution in [0.2, 0.25) is 0 Å². The fourth-order valence-electron chi connectivity index (χ4n) is 8.42. The summed E-state index contributed by atoms with van der Waals surface area (Å²) < 4.78 is 16.4. The van der Waals surface area contributed by atoms with Gasteiger partial charge < -0.3 is 9.46 Å². The van der Waals surface area contributed by atoms with Gasteiger partial charge in [-0.05, 0) is 86.3 Å². The van der Waals surface area contributed by atoms with Crippen molar-refractivity contribution in [2.45, 2.75) is 29.1 Å². The fraction of sp³-hybridized carbons (Fsp3) is 0.0638. The molecule has 8 aromatic rings. The van der Waals surface area contributed by atoms with Crippen LogP contribution in [0.1, 0.15) is 25.0 Å². The fourth-order valence-corrected chi connectivity index (χ4v) is 12.7. The predicted octanol–water partition coefficient (Wildman–Crippen LogP) is 11.9. The normalized spacial score (nSPS) is 14.2. The minimum atomic E-state index is -3.38. The van der Waals surface area contributed by atoms with Crippen LogP contribution >= 0.6 is 18.9 Å². The van der Waals surface area contributed by atoms with Crippen molar-refractivity contribution >= 4 is 73.4 Å². The van der Waals surface area contributed by atoms with Crippen molar-refractivity contribution in [3.05, 3.63) is 181 Å². The SMILES string of the molecule is CC1(C)c2ccccc2-c2ccc(N3c4ccccc4Sc4cc(P(=O)(c5cccc6ccccc56)c5cccc6ccccc56)ccc43)cc21. The molecule has 0 saturated heterocycles. The number of benzene rings is 8. The largest absolute Gasteiger partial charge is 0.309 e. The van der Waals surface area contributed by atoms with Crippen molar-refractivity contribution in [3.8, 4) is 11.1 Å². The summed E-state index contributed by atoms with van der Waals surface area (Å²) in [4.78, 5) is 4.66. The molecule has 0 unspecified atom stereocenters. The molecule has 51 heavy (non-hydrogen) atoms. The van der Waals surface area contributed by atoms with Gasteiger partial charge in [-0.25, -0.2) is 0 Å². The second kappa shape index (κ2) is 11.3. The molecule has 4 heteroatoms. The van der Waals surface area contributed by atoms with Crippen molar-refractivity contribution in [1.29, 1.82) is 0 Å². The number of rotatable bonds is 4. The van der Waals surface area contributed by atoms with Crippen LogP contribution < -0.4 is 20.8 Å². The molecule has 0 fully saturated rings. The lowest BCUT2D eigenvalue weighted by Crippen LogP contribution is -2.27. The number of nitrogens with zero attached hydrogens (tertiary/aromatic N) is 1. The van der Waals surface area contributed by atoms with E-state index in [2.05, 4.69) is 164 Å². The zero-order valence-electron chi connectivity index (χ0n) is 28.4. The Morgan fingerprint density at radius 1 is 0.510 bits per heavy atom.